The van der Waals surface area contributed by atoms with Crippen LogP contribution in [0.15, 0.2) is 41.8 Å². The van der Waals surface area contributed by atoms with Gasteiger partial charge in [-0.3, -0.25) is 4.79 Å². The van der Waals surface area contributed by atoms with Crippen LogP contribution in [0.5, 0.6) is 5.75 Å². The van der Waals surface area contributed by atoms with Gasteiger partial charge in [0.15, 0.2) is 6.54 Å². The van der Waals surface area contributed by atoms with Crippen LogP contribution in [0, 0.1) is 6.92 Å². The molecule has 1 heterocycles. The molecule has 0 bridgehead atoms. The number of benzene rings is 1. The molecule has 0 atom stereocenters. The van der Waals surface area contributed by atoms with Gasteiger partial charge in [0.05, 0.1) is 6.21 Å². The van der Waals surface area contributed by atoms with Crippen molar-refractivity contribution < 1.29 is 14.5 Å². The van der Waals surface area contributed by atoms with E-state index in [1.807, 2.05) is 6.92 Å². The number of carbonyl (C=O) groups excluding carboxylic acids is 1. The van der Waals surface area contributed by atoms with Crippen LogP contribution in [0.25, 0.3) is 0 Å². The van der Waals surface area contributed by atoms with Crippen LogP contribution in [0.1, 0.15) is 11.4 Å². The zero-order valence-electron chi connectivity index (χ0n) is 10.5. The Morgan fingerprint density at radius 1 is 1.53 bits per heavy atom. The van der Waals surface area contributed by atoms with E-state index < -0.39 is 0 Å². The summed E-state index contributed by atoms with van der Waals surface area (Å²) < 4.78 is 1.77. The van der Waals surface area contributed by atoms with Crippen molar-refractivity contribution in [2.45, 2.75) is 13.5 Å². The van der Waals surface area contributed by atoms with E-state index in [1.165, 1.54) is 6.21 Å². The third kappa shape index (κ3) is 3.41. The van der Waals surface area contributed by atoms with E-state index in [1.54, 1.807) is 41.2 Å². The standard InChI is InChI=1S/C13H14N4O2/c1-10-14-6-7-17(10)9-13(19)16-15-8-11-4-2-3-5-12(11)18/h2-8H,9H2,1H3,(H2,15,16,18,19)/p+1. The number of aromatic hydroxyl groups is 1. The molecule has 0 radical (unpaired) electrons. The summed E-state index contributed by atoms with van der Waals surface area (Å²) in [4.78, 5) is 14.6. The predicted octanol–water partition coefficient (Wildman–Crippen LogP) is 0.467. The number of phenols is 1. The number of hydrogen-bond acceptors (Lipinski definition) is 3. The van der Waals surface area contributed by atoms with E-state index in [4.69, 9.17) is 0 Å². The lowest BCUT2D eigenvalue weighted by atomic mass is 10.2. The van der Waals surface area contributed by atoms with Gasteiger partial charge in [0.25, 0.3) is 11.7 Å². The molecule has 2 aromatic rings. The number of imidazole rings is 1. The van der Waals surface area contributed by atoms with E-state index in [-0.39, 0.29) is 18.2 Å². The summed E-state index contributed by atoms with van der Waals surface area (Å²) in [7, 11) is 0. The van der Waals surface area contributed by atoms with Gasteiger partial charge in [-0.2, -0.15) is 5.10 Å². The number of para-hydroxylation sites is 1. The molecule has 3 N–H and O–H groups in total. The minimum atomic E-state index is -0.237. The highest BCUT2D eigenvalue weighted by molar-refractivity contribution is 5.84. The molecule has 0 aliphatic rings. The first-order chi connectivity index (χ1) is 9.16. The Hall–Kier alpha value is -2.63. The highest BCUT2D eigenvalue weighted by Crippen LogP contribution is 2.12. The zero-order chi connectivity index (χ0) is 13.7. The Balaban J connectivity index is 1.91. The lowest BCUT2D eigenvalue weighted by Crippen LogP contribution is -2.42. The molecule has 19 heavy (non-hydrogen) atoms. The topological polar surface area (TPSA) is 81.4 Å². The van der Waals surface area contributed by atoms with Gasteiger partial charge >= 0.3 is 0 Å². The van der Waals surface area contributed by atoms with Crippen molar-refractivity contribution >= 4 is 12.1 Å². The molecule has 0 fully saturated rings. The van der Waals surface area contributed by atoms with Gasteiger partial charge < -0.3 is 5.11 Å². The number of aryl methyl sites for hydroxylation is 1. The van der Waals surface area contributed by atoms with Crippen molar-refractivity contribution in [3.63, 3.8) is 0 Å². The van der Waals surface area contributed by atoms with Crippen molar-refractivity contribution in [3.8, 4) is 5.75 Å². The minimum Gasteiger partial charge on any atom is -0.507 e. The lowest BCUT2D eigenvalue weighted by Gasteiger charge is -1.99. The molecule has 6 nitrogen and oxygen atoms in total. The van der Waals surface area contributed by atoms with Crippen molar-refractivity contribution in [3.05, 3.63) is 48.0 Å². The molecule has 0 spiro atoms. The Morgan fingerprint density at radius 2 is 2.32 bits per heavy atom. The van der Waals surface area contributed by atoms with E-state index in [9.17, 15) is 9.90 Å². The normalized spacial score (nSPS) is 10.8. The van der Waals surface area contributed by atoms with Crippen LogP contribution in [-0.4, -0.2) is 22.2 Å². The molecule has 98 valence electrons. The van der Waals surface area contributed by atoms with Gasteiger partial charge in [-0.15, -0.1) is 0 Å². The number of amides is 1. The number of carbonyl (C=O) groups is 1. The number of aromatic amines is 1. The van der Waals surface area contributed by atoms with Crippen LogP contribution in [0.3, 0.4) is 0 Å². The first kappa shape index (κ1) is 12.8. The third-order valence-electron chi connectivity index (χ3n) is 2.62. The maximum Gasteiger partial charge on any atom is 0.282 e. The number of rotatable bonds is 4. The van der Waals surface area contributed by atoms with Crippen LogP contribution in [0.2, 0.25) is 0 Å². The van der Waals surface area contributed by atoms with Crippen molar-refractivity contribution in [2.24, 2.45) is 5.10 Å². The Morgan fingerprint density at radius 3 is 3.00 bits per heavy atom. The molecule has 0 unspecified atom stereocenters. The number of hydrogen-bond donors (Lipinski definition) is 3. The van der Waals surface area contributed by atoms with Gasteiger partial charge in [-0.25, -0.2) is 15.0 Å². The quantitative estimate of drug-likeness (QED) is 0.424. The first-order valence-electron chi connectivity index (χ1n) is 5.80. The fourth-order valence-electron chi connectivity index (χ4n) is 1.57. The average molecular weight is 259 g/mol. The van der Waals surface area contributed by atoms with Crippen LogP contribution in [-0.2, 0) is 11.3 Å². The number of hydrazone groups is 1. The molecule has 6 heteroatoms. The Bertz CT molecular complexity index is 604. The largest absolute Gasteiger partial charge is 0.507 e. The molecule has 0 aliphatic heterocycles. The van der Waals surface area contributed by atoms with Crippen molar-refractivity contribution in [1.82, 2.24) is 10.4 Å². The summed E-state index contributed by atoms with van der Waals surface area (Å²) >= 11 is 0. The number of H-pyrrole nitrogens is 1. The SMILES string of the molecule is Cc1[nH]cc[n+]1CC(=O)NN=Cc1ccccc1O. The fraction of sp³-hybridized carbons (Fsp3) is 0.154. The number of aromatic nitrogens is 2. The molecule has 0 aliphatic carbocycles. The third-order valence-corrected chi connectivity index (χ3v) is 2.62. The Labute approximate surface area is 110 Å². The summed E-state index contributed by atoms with van der Waals surface area (Å²) in [6.07, 6.45) is 4.94. The van der Waals surface area contributed by atoms with Crippen LogP contribution in [0.4, 0.5) is 0 Å². The summed E-state index contributed by atoms with van der Waals surface area (Å²) in [6.45, 7) is 2.06. The first-order valence-corrected chi connectivity index (χ1v) is 5.80. The highest BCUT2D eigenvalue weighted by Gasteiger charge is 2.09. The van der Waals surface area contributed by atoms with Crippen LogP contribution >= 0.6 is 0 Å². The number of phenolic OH excluding ortho intramolecular Hbond substituents is 1. The van der Waals surface area contributed by atoms with Gasteiger partial charge in [-0.05, 0) is 12.1 Å². The molecule has 1 aromatic carbocycles. The minimum absolute atomic E-state index is 0.122. The number of nitrogens with zero attached hydrogens (tertiary/aromatic N) is 2. The molecular formula is C13H15N4O2+. The molecule has 1 aromatic heterocycles. The molecular weight excluding hydrogens is 244 g/mol. The van der Waals surface area contributed by atoms with Gasteiger partial charge in [0, 0.05) is 12.5 Å². The maximum atomic E-state index is 11.6. The van der Waals surface area contributed by atoms with E-state index >= 15 is 0 Å². The summed E-state index contributed by atoms with van der Waals surface area (Å²) in [6, 6.07) is 6.76. The van der Waals surface area contributed by atoms with Gasteiger partial charge in [-0.1, -0.05) is 12.1 Å². The summed E-state index contributed by atoms with van der Waals surface area (Å²) in [5.74, 6) is 0.774. The second kappa shape index (κ2) is 5.81. The molecule has 1 amide bonds. The van der Waals surface area contributed by atoms with Crippen molar-refractivity contribution in [1.29, 1.82) is 0 Å². The smallest absolute Gasteiger partial charge is 0.282 e. The van der Waals surface area contributed by atoms with E-state index in [0.29, 0.717) is 5.56 Å². The lowest BCUT2D eigenvalue weighted by molar-refractivity contribution is -0.689. The highest BCUT2D eigenvalue weighted by atomic mass is 16.3. The number of nitrogens with one attached hydrogen (secondary N) is 2. The fourth-order valence-corrected chi connectivity index (χ4v) is 1.57. The molecule has 0 saturated carbocycles. The zero-order valence-corrected chi connectivity index (χ0v) is 10.5. The molecule has 0 saturated heterocycles. The second-order valence-electron chi connectivity index (χ2n) is 4.03. The summed E-state index contributed by atoms with van der Waals surface area (Å²) in [5.41, 5.74) is 2.96. The second-order valence-corrected chi connectivity index (χ2v) is 4.03. The average Bonchev–Trinajstić information content (AvgIpc) is 2.77. The van der Waals surface area contributed by atoms with Gasteiger partial charge in [0.2, 0.25) is 0 Å². The van der Waals surface area contributed by atoms with Crippen molar-refractivity contribution in [2.75, 3.05) is 0 Å². The predicted molar refractivity (Wildman–Crippen MR) is 69.6 cm³/mol. The summed E-state index contributed by atoms with van der Waals surface area (Å²) in [5, 5.41) is 13.3. The van der Waals surface area contributed by atoms with Crippen LogP contribution < -0.4 is 9.99 Å². The van der Waals surface area contributed by atoms with Gasteiger partial charge in [0.1, 0.15) is 18.1 Å². The monoisotopic (exact) mass is 259 g/mol. The van der Waals surface area contributed by atoms with E-state index in [2.05, 4.69) is 15.5 Å². The molecule has 2 rings (SSSR count). The maximum absolute atomic E-state index is 11.6. The van der Waals surface area contributed by atoms with E-state index in [0.717, 1.165) is 5.82 Å². The Kier molecular flexibility index (Phi) is 3.92.